The molecule has 0 bridgehead atoms. The van der Waals surface area contributed by atoms with Crippen molar-refractivity contribution in [3.05, 3.63) is 65.0 Å². The molecule has 2 aromatic rings. The summed E-state index contributed by atoms with van der Waals surface area (Å²) in [6.45, 7) is 9.94. The van der Waals surface area contributed by atoms with Crippen molar-refractivity contribution in [3.63, 3.8) is 0 Å². The van der Waals surface area contributed by atoms with Gasteiger partial charge in [0, 0.05) is 35.3 Å². The molecule has 5 heteroatoms. The van der Waals surface area contributed by atoms with E-state index in [9.17, 15) is 4.79 Å². The summed E-state index contributed by atoms with van der Waals surface area (Å²) in [6.07, 6.45) is 8.79. The molecule has 5 nitrogen and oxygen atoms in total. The molecule has 0 saturated carbocycles. The molecular formula is C22H24N4O. The summed E-state index contributed by atoms with van der Waals surface area (Å²) < 4.78 is 0. The van der Waals surface area contributed by atoms with E-state index in [1.54, 1.807) is 4.90 Å². The second kappa shape index (κ2) is 6.12. The van der Waals surface area contributed by atoms with Crippen LogP contribution < -0.4 is 4.90 Å². The minimum absolute atomic E-state index is 0.101. The average molecular weight is 360 g/mol. The van der Waals surface area contributed by atoms with Crippen LogP contribution in [0, 0.1) is 32.1 Å². The van der Waals surface area contributed by atoms with Crippen molar-refractivity contribution in [2.45, 2.75) is 41.0 Å². The van der Waals surface area contributed by atoms with Gasteiger partial charge in [0.05, 0.1) is 5.41 Å². The van der Waals surface area contributed by atoms with Crippen molar-refractivity contribution >= 4 is 17.3 Å². The number of aryl methyl sites for hydroxylation is 3. The molecule has 0 N–H and O–H groups in total. The Balaban J connectivity index is 1.81. The Morgan fingerprint density at radius 3 is 2.48 bits per heavy atom. The van der Waals surface area contributed by atoms with E-state index in [0.717, 1.165) is 40.3 Å². The molecule has 1 aliphatic heterocycles. The summed E-state index contributed by atoms with van der Waals surface area (Å²) in [5, 5.41) is 0. The predicted octanol–water partition coefficient (Wildman–Crippen LogP) is 4.16. The normalized spacial score (nSPS) is 21.0. The Morgan fingerprint density at radius 1 is 1.11 bits per heavy atom. The Kier molecular flexibility index (Phi) is 3.98. The van der Waals surface area contributed by atoms with Crippen molar-refractivity contribution < 1.29 is 4.79 Å². The van der Waals surface area contributed by atoms with Gasteiger partial charge in [-0.25, -0.2) is 15.0 Å². The maximum atomic E-state index is 13.3. The molecule has 4 rings (SSSR count). The van der Waals surface area contributed by atoms with Gasteiger partial charge >= 0.3 is 0 Å². The number of rotatable bonds is 2. The molecule has 1 saturated heterocycles. The van der Waals surface area contributed by atoms with Gasteiger partial charge in [0.2, 0.25) is 5.91 Å². The summed E-state index contributed by atoms with van der Waals surface area (Å²) in [7, 11) is 0. The van der Waals surface area contributed by atoms with Crippen molar-refractivity contribution in [2.75, 3.05) is 4.90 Å². The van der Waals surface area contributed by atoms with E-state index in [4.69, 9.17) is 4.98 Å². The Hall–Kier alpha value is -2.82. The lowest BCUT2D eigenvalue weighted by Gasteiger charge is -2.26. The molecular weight excluding hydrogens is 336 g/mol. The molecule has 2 aliphatic rings. The monoisotopic (exact) mass is 360 g/mol. The topological polar surface area (TPSA) is 59.0 Å². The predicted molar refractivity (Wildman–Crippen MR) is 106 cm³/mol. The van der Waals surface area contributed by atoms with E-state index in [-0.39, 0.29) is 11.8 Å². The maximum Gasteiger partial charge on any atom is 0.238 e. The van der Waals surface area contributed by atoms with Crippen LogP contribution in [0.3, 0.4) is 0 Å². The number of carbonyl (C=O) groups excluding carboxylic acids is 1. The Morgan fingerprint density at radius 2 is 1.81 bits per heavy atom. The summed E-state index contributed by atoms with van der Waals surface area (Å²) >= 11 is 0. The lowest BCUT2D eigenvalue weighted by atomic mass is 9.75. The number of nitrogens with zero attached hydrogens (tertiary/aromatic N) is 4. The number of pyridine rings is 1. The first-order valence-electron chi connectivity index (χ1n) is 9.28. The fourth-order valence-electron chi connectivity index (χ4n) is 3.84. The SMILES string of the molecule is Cc1ncc(C2=CCC3C(=C2)N(c2ccc(C)c(C)n2)C(=O)C3(C)C)cn1. The number of hydrogen-bond donors (Lipinski definition) is 0. The van der Waals surface area contributed by atoms with E-state index >= 15 is 0 Å². The smallest absolute Gasteiger partial charge is 0.238 e. The van der Waals surface area contributed by atoms with Crippen LogP contribution in [-0.2, 0) is 4.79 Å². The molecule has 3 heterocycles. The quantitative estimate of drug-likeness (QED) is 0.807. The van der Waals surface area contributed by atoms with Crippen molar-refractivity contribution in [2.24, 2.45) is 11.3 Å². The van der Waals surface area contributed by atoms with Crippen LogP contribution in [0.25, 0.3) is 5.57 Å². The molecule has 0 aromatic carbocycles. The third kappa shape index (κ3) is 2.78. The Labute approximate surface area is 159 Å². The first kappa shape index (κ1) is 17.6. The number of anilines is 1. The summed E-state index contributed by atoms with van der Waals surface area (Å²) in [6, 6.07) is 3.96. The second-order valence-corrected chi connectivity index (χ2v) is 7.97. The number of hydrogen-bond acceptors (Lipinski definition) is 4. The van der Waals surface area contributed by atoms with Crippen molar-refractivity contribution in [1.82, 2.24) is 15.0 Å². The van der Waals surface area contributed by atoms with Crippen LogP contribution >= 0.6 is 0 Å². The second-order valence-electron chi connectivity index (χ2n) is 7.97. The van der Waals surface area contributed by atoms with Gasteiger partial charge in [0.25, 0.3) is 0 Å². The zero-order valence-corrected chi connectivity index (χ0v) is 16.4. The van der Waals surface area contributed by atoms with E-state index < -0.39 is 5.41 Å². The standard InChI is InChI=1S/C22H24N4O/c1-13-6-9-20(25-14(13)2)26-19-10-16(17-11-23-15(3)24-12-17)7-8-18(19)22(4,5)21(26)27/h6-7,9-12,18H,8H2,1-5H3. The van der Waals surface area contributed by atoms with Crippen LogP contribution in [0.5, 0.6) is 0 Å². The van der Waals surface area contributed by atoms with Crippen LogP contribution in [0.4, 0.5) is 5.82 Å². The molecule has 1 aliphatic carbocycles. The fraction of sp³-hybridized carbons (Fsp3) is 0.364. The molecule has 2 aromatic heterocycles. The van der Waals surface area contributed by atoms with Crippen molar-refractivity contribution in [1.29, 1.82) is 0 Å². The van der Waals surface area contributed by atoms with Gasteiger partial charge in [-0.15, -0.1) is 0 Å². The van der Waals surface area contributed by atoms with E-state index in [1.807, 2.05) is 59.1 Å². The van der Waals surface area contributed by atoms with Crippen LogP contribution in [0.15, 0.2) is 42.4 Å². The van der Waals surface area contributed by atoms with Gasteiger partial charge in [-0.05, 0) is 50.5 Å². The third-order valence-electron chi connectivity index (χ3n) is 5.80. The number of carbonyl (C=O) groups is 1. The van der Waals surface area contributed by atoms with E-state index in [1.165, 1.54) is 0 Å². The lowest BCUT2D eigenvalue weighted by molar-refractivity contribution is -0.125. The average Bonchev–Trinajstić information content (AvgIpc) is 2.84. The number of amides is 1. The van der Waals surface area contributed by atoms with Gasteiger partial charge in [0.1, 0.15) is 11.6 Å². The van der Waals surface area contributed by atoms with Crippen molar-refractivity contribution in [3.8, 4) is 0 Å². The minimum Gasteiger partial charge on any atom is -0.273 e. The maximum absolute atomic E-state index is 13.3. The highest BCUT2D eigenvalue weighted by atomic mass is 16.2. The molecule has 1 unspecified atom stereocenters. The molecule has 1 fully saturated rings. The highest BCUT2D eigenvalue weighted by Gasteiger charge is 2.51. The first-order valence-corrected chi connectivity index (χ1v) is 9.28. The largest absolute Gasteiger partial charge is 0.273 e. The van der Waals surface area contributed by atoms with E-state index in [2.05, 4.69) is 22.1 Å². The summed E-state index contributed by atoms with van der Waals surface area (Å²) in [5.74, 6) is 1.69. The zero-order chi connectivity index (χ0) is 19.3. The minimum atomic E-state index is -0.460. The van der Waals surface area contributed by atoms with Gasteiger partial charge in [-0.1, -0.05) is 26.0 Å². The fourth-order valence-corrected chi connectivity index (χ4v) is 3.84. The molecule has 27 heavy (non-hydrogen) atoms. The number of allylic oxidation sites excluding steroid dienone is 4. The molecule has 0 spiro atoms. The molecule has 1 amide bonds. The first-order chi connectivity index (χ1) is 12.8. The highest BCUT2D eigenvalue weighted by molar-refractivity contribution is 6.04. The van der Waals surface area contributed by atoms with Crippen LogP contribution in [0.2, 0.25) is 0 Å². The Bertz CT molecular complexity index is 986. The zero-order valence-electron chi connectivity index (χ0n) is 16.4. The number of aromatic nitrogens is 3. The van der Waals surface area contributed by atoms with Gasteiger partial charge < -0.3 is 0 Å². The van der Waals surface area contributed by atoms with E-state index in [0.29, 0.717) is 5.82 Å². The molecule has 1 atom stereocenters. The summed E-state index contributed by atoms with van der Waals surface area (Å²) in [5.41, 5.74) is 4.64. The summed E-state index contributed by atoms with van der Waals surface area (Å²) in [4.78, 5) is 28.4. The van der Waals surface area contributed by atoms with Gasteiger partial charge in [0.15, 0.2) is 0 Å². The van der Waals surface area contributed by atoms with Gasteiger partial charge in [-0.2, -0.15) is 0 Å². The molecule has 0 radical (unpaired) electrons. The highest BCUT2D eigenvalue weighted by Crippen LogP contribution is 2.50. The molecule has 138 valence electrons. The van der Waals surface area contributed by atoms with Crippen LogP contribution in [0.1, 0.15) is 42.9 Å². The third-order valence-corrected chi connectivity index (χ3v) is 5.80. The number of fused-ring (bicyclic) bond motifs is 1. The lowest BCUT2D eigenvalue weighted by Crippen LogP contribution is -2.32. The van der Waals surface area contributed by atoms with Crippen LogP contribution in [-0.4, -0.2) is 20.9 Å². The van der Waals surface area contributed by atoms with Gasteiger partial charge in [-0.3, -0.25) is 9.69 Å².